The zero-order valence-corrected chi connectivity index (χ0v) is 20.6. The maximum absolute atomic E-state index is 12.9. The Bertz CT molecular complexity index is 1330. The molecule has 1 saturated heterocycles. The second-order valence-electron chi connectivity index (χ2n) is 8.40. The predicted molar refractivity (Wildman–Crippen MR) is 130 cm³/mol. The van der Waals surface area contributed by atoms with Crippen LogP contribution in [-0.2, 0) is 26.0 Å². The number of hydrogen-bond donors (Lipinski definition) is 0. The van der Waals surface area contributed by atoms with Crippen molar-refractivity contribution in [1.82, 2.24) is 8.87 Å². The minimum Gasteiger partial charge on any atom is -0.454 e. The molecular weight excluding hydrogens is 468 g/mol. The summed E-state index contributed by atoms with van der Waals surface area (Å²) in [5, 5.41) is 0. The van der Waals surface area contributed by atoms with E-state index in [2.05, 4.69) is 0 Å². The molecule has 3 aromatic rings. The van der Waals surface area contributed by atoms with Crippen molar-refractivity contribution < 1.29 is 27.5 Å². The average molecular weight is 497 g/mol. The summed E-state index contributed by atoms with van der Waals surface area (Å²) in [6.07, 6.45) is 0. The standard InChI is InChI=1S/C26H28N2O6S/c1-19-15-24(20(2)28(19)17-21-7-4-3-5-8-21)25(29)18-34-26(30)22-9-6-10-23(16-22)35(31,32)27-11-13-33-14-12-27/h3-10,15-16H,11-14,17-18H2,1-2H3. The maximum Gasteiger partial charge on any atom is 0.338 e. The normalized spacial score (nSPS) is 14.6. The van der Waals surface area contributed by atoms with Gasteiger partial charge in [-0.2, -0.15) is 4.31 Å². The van der Waals surface area contributed by atoms with Crippen molar-refractivity contribution >= 4 is 21.8 Å². The maximum atomic E-state index is 12.9. The van der Waals surface area contributed by atoms with E-state index in [4.69, 9.17) is 9.47 Å². The number of carbonyl (C=O) groups is 2. The first-order chi connectivity index (χ1) is 16.8. The molecule has 0 unspecified atom stereocenters. The lowest BCUT2D eigenvalue weighted by Crippen LogP contribution is -2.40. The van der Waals surface area contributed by atoms with Crippen molar-refractivity contribution in [2.75, 3.05) is 32.9 Å². The minimum absolute atomic E-state index is 0.00429. The van der Waals surface area contributed by atoms with E-state index in [1.165, 1.54) is 28.6 Å². The first-order valence-electron chi connectivity index (χ1n) is 11.4. The highest BCUT2D eigenvalue weighted by Gasteiger charge is 2.27. The Balaban J connectivity index is 1.43. The van der Waals surface area contributed by atoms with Gasteiger partial charge in [-0.1, -0.05) is 36.4 Å². The molecule has 0 N–H and O–H groups in total. The molecule has 4 rings (SSSR count). The summed E-state index contributed by atoms with van der Waals surface area (Å²) in [6, 6.07) is 17.4. The number of ketones is 1. The fourth-order valence-corrected chi connectivity index (χ4v) is 5.56. The molecular formula is C26H28N2O6S. The lowest BCUT2D eigenvalue weighted by atomic mass is 10.1. The Morgan fingerprint density at radius 2 is 1.69 bits per heavy atom. The number of hydrogen-bond acceptors (Lipinski definition) is 6. The number of carbonyl (C=O) groups excluding carboxylic acids is 2. The fraction of sp³-hybridized carbons (Fsp3) is 0.308. The smallest absolute Gasteiger partial charge is 0.338 e. The predicted octanol–water partition coefficient (Wildman–Crippen LogP) is 3.21. The van der Waals surface area contributed by atoms with E-state index in [0.29, 0.717) is 25.3 Å². The molecule has 1 aliphatic heterocycles. The summed E-state index contributed by atoms with van der Waals surface area (Å²) in [7, 11) is -3.75. The Labute approximate surface area is 205 Å². The number of aromatic nitrogens is 1. The zero-order valence-electron chi connectivity index (χ0n) is 19.8. The molecule has 2 aromatic carbocycles. The highest BCUT2D eigenvalue weighted by atomic mass is 32.2. The Kier molecular flexibility index (Phi) is 7.49. The summed E-state index contributed by atoms with van der Waals surface area (Å²) < 4.78 is 39.6. The van der Waals surface area contributed by atoms with Crippen molar-refractivity contribution in [2.45, 2.75) is 25.3 Å². The number of aryl methyl sites for hydroxylation is 1. The van der Waals surface area contributed by atoms with Crippen LogP contribution >= 0.6 is 0 Å². The van der Waals surface area contributed by atoms with Gasteiger partial charge >= 0.3 is 5.97 Å². The number of rotatable bonds is 8. The largest absolute Gasteiger partial charge is 0.454 e. The zero-order chi connectivity index (χ0) is 25.0. The number of morpholine rings is 1. The van der Waals surface area contributed by atoms with Gasteiger partial charge in [0.25, 0.3) is 0 Å². The molecule has 0 saturated carbocycles. The van der Waals surface area contributed by atoms with Gasteiger partial charge in [0.1, 0.15) is 0 Å². The second kappa shape index (κ2) is 10.6. The van der Waals surface area contributed by atoms with Gasteiger partial charge in [-0.25, -0.2) is 13.2 Å². The van der Waals surface area contributed by atoms with Gasteiger partial charge < -0.3 is 14.0 Å². The van der Waals surface area contributed by atoms with Crippen molar-refractivity contribution in [3.8, 4) is 0 Å². The molecule has 0 bridgehead atoms. The van der Waals surface area contributed by atoms with Crippen LogP contribution in [0.15, 0.2) is 65.6 Å². The van der Waals surface area contributed by atoms with Gasteiger partial charge in [0.2, 0.25) is 15.8 Å². The van der Waals surface area contributed by atoms with Crippen LogP contribution in [0.25, 0.3) is 0 Å². The molecule has 0 radical (unpaired) electrons. The van der Waals surface area contributed by atoms with Gasteiger partial charge in [-0.05, 0) is 43.7 Å². The lowest BCUT2D eigenvalue weighted by molar-refractivity contribution is 0.0474. The third-order valence-electron chi connectivity index (χ3n) is 6.07. The fourth-order valence-electron chi connectivity index (χ4n) is 4.10. The van der Waals surface area contributed by atoms with E-state index in [9.17, 15) is 18.0 Å². The van der Waals surface area contributed by atoms with Crippen LogP contribution < -0.4 is 0 Å². The number of ether oxygens (including phenoxy) is 2. The monoisotopic (exact) mass is 496 g/mol. The average Bonchev–Trinajstić information content (AvgIpc) is 3.16. The molecule has 2 heterocycles. The molecule has 0 spiro atoms. The van der Waals surface area contributed by atoms with E-state index in [0.717, 1.165) is 17.0 Å². The van der Waals surface area contributed by atoms with Crippen LogP contribution in [0, 0.1) is 13.8 Å². The van der Waals surface area contributed by atoms with Crippen molar-refractivity contribution in [1.29, 1.82) is 0 Å². The summed E-state index contributed by atoms with van der Waals surface area (Å²) in [4.78, 5) is 25.5. The SMILES string of the molecule is Cc1cc(C(=O)COC(=O)c2cccc(S(=O)(=O)N3CCOCC3)c2)c(C)n1Cc1ccccc1. The molecule has 1 aliphatic rings. The van der Waals surface area contributed by atoms with Crippen molar-refractivity contribution in [3.05, 3.63) is 88.7 Å². The summed E-state index contributed by atoms with van der Waals surface area (Å²) >= 11 is 0. The Hall–Kier alpha value is -3.27. The highest BCUT2D eigenvalue weighted by Crippen LogP contribution is 2.20. The van der Waals surface area contributed by atoms with Gasteiger partial charge in [-0.3, -0.25) is 4.79 Å². The van der Waals surface area contributed by atoms with Gasteiger partial charge in [0.15, 0.2) is 6.61 Å². The quantitative estimate of drug-likeness (QED) is 0.351. The van der Waals surface area contributed by atoms with E-state index in [1.54, 1.807) is 6.07 Å². The Morgan fingerprint density at radius 1 is 0.971 bits per heavy atom. The second-order valence-corrected chi connectivity index (χ2v) is 10.3. The molecule has 1 fully saturated rings. The van der Waals surface area contributed by atoms with Crippen LogP contribution in [0.3, 0.4) is 0 Å². The van der Waals surface area contributed by atoms with E-state index < -0.39 is 22.6 Å². The molecule has 0 atom stereocenters. The summed E-state index contributed by atoms with van der Waals surface area (Å²) in [5.74, 6) is -1.07. The summed E-state index contributed by atoms with van der Waals surface area (Å²) in [6.45, 7) is 5.17. The first-order valence-corrected chi connectivity index (χ1v) is 12.8. The highest BCUT2D eigenvalue weighted by molar-refractivity contribution is 7.89. The van der Waals surface area contributed by atoms with Crippen LogP contribution in [0.5, 0.6) is 0 Å². The third kappa shape index (κ3) is 5.53. The lowest BCUT2D eigenvalue weighted by Gasteiger charge is -2.26. The van der Waals surface area contributed by atoms with Gasteiger partial charge in [0, 0.05) is 36.6 Å². The topological polar surface area (TPSA) is 94.9 Å². The first kappa shape index (κ1) is 24.8. The van der Waals surface area contributed by atoms with Gasteiger partial charge in [0.05, 0.1) is 23.7 Å². The van der Waals surface area contributed by atoms with E-state index >= 15 is 0 Å². The molecule has 9 heteroatoms. The number of sulfonamides is 1. The summed E-state index contributed by atoms with van der Waals surface area (Å²) in [5.41, 5.74) is 3.41. The van der Waals surface area contributed by atoms with Crippen LogP contribution in [-0.4, -0.2) is 62.0 Å². The van der Waals surface area contributed by atoms with Crippen molar-refractivity contribution in [3.63, 3.8) is 0 Å². The minimum atomic E-state index is -3.75. The van der Waals surface area contributed by atoms with Crippen LogP contribution in [0.2, 0.25) is 0 Å². The van der Waals surface area contributed by atoms with Crippen LogP contribution in [0.1, 0.15) is 37.7 Å². The van der Waals surface area contributed by atoms with E-state index in [-0.39, 0.29) is 29.3 Å². The molecule has 0 aliphatic carbocycles. The number of benzene rings is 2. The third-order valence-corrected chi connectivity index (χ3v) is 7.96. The van der Waals surface area contributed by atoms with Crippen molar-refractivity contribution in [2.24, 2.45) is 0 Å². The van der Waals surface area contributed by atoms with Crippen LogP contribution in [0.4, 0.5) is 0 Å². The van der Waals surface area contributed by atoms with E-state index in [1.807, 2.05) is 48.7 Å². The number of esters is 1. The Morgan fingerprint density at radius 3 is 2.40 bits per heavy atom. The molecule has 184 valence electrons. The molecule has 1 aromatic heterocycles. The number of nitrogens with zero attached hydrogens (tertiary/aromatic N) is 2. The molecule has 8 nitrogen and oxygen atoms in total. The molecule has 35 heavy (non-hydrogen) atoms. The van der Waals surface area contributed by atoms with Gasteiger partial charge in [-0.15, -0.1) is 0 Å². The number of Topliss-reactive ketones (excluding diaryl/α,β-unsaturated/α-hetero) is 1. The molecule has 0 amide bonds.